The highest BCUT2D eigenvalue weighted by Crippen LogP contribution is 1.54. The minimum Gasteiger partial charge on any atom is -0.478 e. The molecule has 1 atom stereocenters. The van der Waals surface area contributed by atoms with Gasteiger partial charge in [-0.25, -0.2) is 4.79 Å². The molecule has 0 saturated heterocycles. The Bertz CT molecular complexity index is 70.8. The van der Waals surface area contributed by atoms with Gasteiger partial charge in [0, 0.05) is 6.08 Å². The van der Waals surface area contributed by atoms with E-state index in [1.807, 2.05) is 0 Å². The largest absolute Gasteiger partial charge is 0.478 e. The average Bonchev–Trinajstić information content (AvgIpc) is 1.73. The molecule has 0 heterocycles. The topological polar surface area (TPSA) is 37.3 Å². The maximum atomic E-state index is 9.25. The highest BCUT2D eigenvalue weighted by Gasteiger charge is 1.73. The van der Waals surface area contributed by atoms with Crippen molar-refractivity contribution in [1.82, 2.24) is 0 Å². The maximum Gasteiger partial charge on any atom is 0.327 e. The summed E-state index contributed by atoms with van der Waals surface area (Å²) in [5, 5.41) is 7.60. The van der Waals surface area contributed by atoms with Crippen molar-refractivity contribution in [3.8, 4) is 0 Å². The molecular formula is C5H11O2P. The molecule has 1 N–H and O–H groups in total. The van der Waals surface area contributed by atoms with Gasteiger partial charge in [0.05, 0.1) is 0 Å². The minimum atomic E-state index is -0.981. The van der Waals surface area contributed by atoms with Crippen molar-refractivity contribution >= 4 is 15.9 Å². The molecule has 8 heavy (non-hydrogen) atoms. The van der Waals surface area contributed by atoms with Gasteiger partial charge in [-0.05, 0) is 0 Å². The summed E-state index contributed by atoms with van der Waals surface area (Å²) >= 11 is 0. The van der Waals surface area contributed by atoms with Gasteiger partial charge < -0.3 is 5.11 Å². The smallest absolute Gasteiger partial charge is 0.327 e. The van der Waals surface area contributed by atoms with Crippen LogP contribution in [0.1, 0.15) is 0 Å². The van der Waals surface area contributed by atoms with Crippen molar-refractivity contribution in [2.75, 3.05) is 0 Å². The first kappa shape index (κ1) is 15.7. The molecule has 0 rings (SSSR count). The summed E-state index contributed by atoms with van der Waals surface area (Å²) in [6, 6.07) is 0. The van der Waals surface area contributed by atoms with Crippen molar-refractivity contribution in [3.05, 3.63) is 25.8 Å². The standard InChI is InChI=1S/C3H4O2.C2H4.H3P/c1-2-3(4)5;1-2;/h2H,1H2,(H,4,5);1-2H2;1H3. The number of carboxylic acids is 1. The quantitative estimate of drug-likeness (QED) is 0.331. The van der Waals surface area contributed by atoms with E-state index >= 15 is 0 Å². The second-order valence-corrected chi connectivity index (χ2v) is 0.542. The third-order valence-electron chi connectivity index (χ3n) is 0.175. The fraction of sp³-hybridized carbons (Fsp3) is 0. The number of hydrogen-bond acceptors (Lipinski definition) is 1. The lowest BCUT2D eigenvalue weighted by Crippen LogP contribution is -1.82. The van der Waals surface area contributed by atoms with E-state index < -0.39 is 5.97 Å². The van der Waals surface area contributed by atoms with Crippen molar-refractivity contribution in [2.45, 2.75) is 0 Å². The van der Waals surface area contributed by atoms with E-state index in [1.165, 1.54) is 0 Å². The highest BCUT2D eigenvalue weighted by atomic mass is 31.0. The fourth-order valence-corrected chi connectivity index (χ4v) is 0. The molecule has 48 valence electrons. The number of hydrogen-bond donors (Lipinski definition) is 1. The molecule has 2 nitrogen and oxygen atoms in total. The lowest BCUT2D eigenvalue weighted by Gasteiger charge is -1.64. The molecular weight excluding hydrogens is 123 g/mol. The van der Waals surface area contributed by atoms with Crippen LogP contribution < -0.4 is 0 Å². The molecule has 0 aliphatic heterocycles. The molecule has 1 unspecified atom stereocenters. The Morgan fingerprint density at radius 2 is 1.62 bits per heavy atom. The Hall–Kier alpha value is -0.620. The predicted octanol–water partition coefficient (Wildman–Crippen LogP) is 1.12. The van der Waals surface area contributed by atoms with E-state index in [4.69, 9.17) is 5.11 Å². The summed E-state index contributed by atoms with van der Waals surface area (Å²) < 4.78 is 0. The van der Waals surface area contributed by atoms with Crippen LogP contribution in [0.25, 0.3) is 0 Å². The van der Waals surface area contributed by atoms with Gasteiger partial charge in [0.25, 0.3) is 0 Å². The second kappa shape index (κ2) is 16.2. The van der Waals surface area contributed by atoms with E-state index in [0.717, 1.165) is 6.08 Å². The zero-order valence-electron chi connectivity index (χ0n) is 4.76. The Labute approximate surface area is 52.5 Å². The van der Waals surface area contributed by atoms with Gasteiger partial charge in [0.15, 0.2) is 0 Å². The third-order valence-corrected chi connectivity index (χ3v) is 0.175. The highest BCUT2D eigenvalue weighted by molar-refractivity contribution is 6.92. The summed E-state index contributed by atoms with van der Waals surface area (Å²) in [6.45, 7) is 8.96. The Morgan fingerprint density at radius 3 is 1.62 bits per heavy atom. The van der Waals surface area contributed by atoms with Gasteiger partial charge in [0.1, 0.15) is 0 Å². The molecule has 0 aromatic rings. The van der Waals surface area contributed by atoms with Crippen LogP contribution in [0.15, 0.2) is 25.8 Å². The lowest BCUT2D eigenvalue weighted by atomic mass is 10.7. The molecule has 0 bridgehead atoms. The van der Waals surface area contributed by atoms with E-state index in [9.17, 15) is 4.79 Å². The van der Waals surface area contributed by atoms with Gasteiger partial charge >= 0.3 is 5.97 Å². The van der Waals surface area contributed by atoms with Crippen LogP contribution in [-0.2, 0) is 4.79 Å². The number of carbonyl (C=O) groups is 1. The minimum absolute atomic E-state index is 0. The first-order chi connectivity index (χ1) is 3.27. The van der Waals surface area contributed by atoms with Crippen molar-refractivity contribution in [3.63, 3.8) is 0 Å². The van der Waals surface area contributed by atoms with E-state index in [1.54, 1.807) is 0 Å². The molecule has 0 aliphatic carbocycles. The SMILES string of the molecule is C=C.C=CC(=O)O.P. The molecule has 0 saturated carbocycles. The van der Waals surface area contributed by atoms with E-state index in [2.05, 4.69) is 19.7 Å². The molecule has 0 aromatic heterocycles. The lowest BCUT2D eigenvalue weighted by molar-refractivity contribution is -0.131. The van der Waals surface area contributed by atoms with Crippen LogP contribution in [-0.4, -0.2) is 11.1 Å². The molecule has 0 aliphatic rings. The van der Waals surface area contributed by atoms with Gasteiger partial charge in [-0.3, -0.25) is 0 Å². The van der Waals surface area contributed by atoms with Gasteiger partial charge in [-0.15, -0.1) is 13.2 Å². The first-order valence-corrected chi connectivity index (χ1v) is 1.62. The molecule has 0 spiro atoms. The zero-order valence-corrected chi connectivity index (χ0v) is 6.18. The molecule has 3 heteroatoms. The Morgan fingerprint density at radius 1 is 1.50 bits per heavy atom. The van der Waals surface area contributed by atoms with Crippen LogP contribution >= 0.6 is 9.90 Å². The van der Waals surface area contributed by atoms with E-state index in [-0.39, 0.29) is 9.90 Å². The Kier molecular flexibility index (Phi) is 31.6. The third kappa shape index (κ3) is 54.2. The normalized spacial score (nSPS) is 4.50. The summed E-state index contributed by atoms with van der Waals surface area (Å²) in [5.41, 5.74) is 0. The number of carboxylic acid groups (broad SMARTS) is 1. The maximum absolute atomic E-state index is 9.25. The average molecular weight is 134 g/mol. The summed E-state index contributed by atoms with van der Waals surface area (Å²) in [6.07, 6.45) is 0.833. The van der Waals surface area contributed by atoms with Crippen molar-refractivity contribution in [1.29, 1.82) is 0 Å². The van der Waals surface area contributed by atoms with Gasteiger partial charge in [-0.1, -0.05) is 6.58 Å². The van der Waals surface area contributed by atoms with Crippen LogP contribution in [0.2, 0.25) is 0 Å². The van der Waals surface area contributed by atoms with Crippen molar-refractivity contribution < 1.29 is 9.90 Å². The van der Waals surface area contributed by atoms with Crippen LogP contribution in [0.4, 0.5) is 0 Å². The summed E-state index contributed by atoms with van der Waals surface area (Å²) in [4.78, 5) is 9.25. The number of aliphatic carboxylic acids is 1. The Balaban J connectivity index is -0.0000000750. The van der Waals surface area contributed by atoms with Gasteiger partial charge in [-0.2, -0.15) is 9.90 Å². The van der Waals surface area contributed by atoms with Crippen LogP contribution in [0.3, 0.4) is 0 Å². The van der Waals surface area contributed by atoms with Crippen LogP contribution in [0.5, 0.6) is 0 Å². The predicted molar refractivity (Wildman–Crippen MR) is 40.2 cm³/mol. The monoisotopic (exact) mass is 134 g/mol. The molecule has 0 fully saturated rings. The van der Waals surface area contributed by atoms with Gasteiger partial charge in [0.2, 0.25) is 0 Å². The zero-order chi connectivity index (χ0) is 6.28. The summed E-state index contributed by atoms with van der Waals surface area (Å²) in [7, 11) is 0. The van der Waals surface area contributed by atoms with Crippen molar-refractivity contribution in [2.24, 2.45) is 0 Å². The van der Waals surface area contributed by atoms with Crippen LogP contribution in [0, 0.1) is 0 Å². The summed E-state index contributed by atoms with van der Waals surface area (Å²) in [5.74, 6) is -0.981. The molecule has 0 aromatic carbocycles. The first-order valence-electron chi connectivity index (χ1n) is 1.62. The molecule has 0 amide bonds. The fourth-order valence-electron chi connectivity index (χ4n) is 0. The van der Waals surface area contributed by atoms with E-state index in [0.29, 0.717) is 0 Å². The molecule has 0 radical (unpaired) electrons. The number of rotatable bonds is 1. The second-order valence-electron chi connectivity index (χ2n) is 0.542.